The fourth-order valence-corrected chi connectivity index (χ4v) is 0.882. The van der Waals surface area contributed by atoms with Crippen LogP contribution in [-0.2, 0) is 0 Å². The fraction of sp³-hybridized carbons (Fsp3) is 0. The number of nitrogens with zero attached hydrogens (tertiary/aromatic N) is 2. The molecule has 0 saturated heterocycles. The minimum Gasteiger partial charge on any atom is -0.301 e. The van der Waals surface area contributed by atoms with Gasteiger partial charge in [0.25, 0.3) is 0 Å². The number of hydrogen-bond donors (Lipinski definition) is 0. The van der Waals surface area contributed by atoms with Gasteiger partial charge in [0.05, 0.1) is 12.4 Å². The van der Waals surface area contributed by atoms with Crippen molar-refractivity contribution in [1.29, 1.82) is 0 Å². The molecule has 0 N–H and O–H groups in total. The highest BCUT2D eigenvalue weighted by atomic mass is 15.2. The Labute approximate surface area is 59.2 Å². The van der Waals surface area contributed by atoms with E-state index in [2.05, 4.69) is 10.7 Å². The molecule has 2 heteroatoms. The molecule has 2 aliphatic rings. The van der Waals surface area contributed by atoms with Crippen LogP contribution in [0.25, 0.3) is 0 Å². The summed E-state index contributed by atoms with van der Waals surface area (Å²) in [4.78, 5) is 6.01. The van der Waals surface area contributed by atoms with Gasteiger partial charge in [-0.15, -0.1) is 0 Å². The van der Waals surface area contributed by atoms with Crippen molar-refractivity contribution >= 4 is 5.84 Å². The first-order valence-electron chi connectivity index (χ1n) is 3.09. The van der Waals surface area contributed by atoms with Gasteiger partial charge >= 0.3 is 0 Å². The van der Waals surface area contributed by atoms with Gasteiger partial charge in [-0.25, -0.2) is 4.99 Å². The molecule has 10 heavy (non-hydrogen) atoms. The molecule has 0 unspecified atom stereocenters. The Balaban J connectivity index is 2.45. The van der Waals surface area contributed by atoms with Crippen LogP contribution in [0.5, 0.6) is 0 Å². The van der Waals surface area contributed by atoms with Gasteiger partial charge in [0, 0.05) is 6.20 Å². The van der Waals surface area contributed by atoms with E-state index in [9.17, 15) is 0 Å². The third-order valence-electron chi connectivity index (χ3n) is 1.35. The second kappa shape index (κ2) is 2.01. The van der Waals surface area contributed by atoms with Crippen LogP contribution in [0.4, 0.5) is 0 Å². The molecule has 0 atom stereocenters. The number of allylic oxidation sites excluding steroid dienone is 2. The number of fused-ring (bicyclic) bond motifs is 1. The summed E-state index contributed by atoms with van der Waals surface area (Å²) in [5.41, 5.74) is 2.89. The molecule has 0 fully saturated rings. The average Bonchev–Trinajstić information content (AvgIpc) is 2.05. The lowest BCUT2D eigenvalue weighted by molar-refractivity contribution is 0.754. The largest absolute Gasteiger partial charge is 0.301 e. The second-order valence-corrected chi connectivity index (χ2v) is 2.02. The average molecular weight is 130 g/mol. The van der Waals surface area contributed by atoms with Crippen molar-refractivity contribution in [3.63, 3.8) is 0 Å². The summed E-state index contributed by atoms with van der Waals surface area (Å²) in [6, 6.07) is 0. The smallest absolute Gasteiger partial charge is 0.137 e. The normalized spacial score (nSPS) is 19.2. The van der Waals surface area contributed by atoms with Gasteiger partial charge in [0.1, 0.15) is 5.84 Å². The molecule has 0 saturated carbocycles. The van der Waals surface area contributed by atoms with Crippen molar-refractivity contribution < 1.29 is 0 Å². The molecule has 0 aromatic carbocycles. The molecule has 48 valence electrons. The van der Waals surface area contributed by atoms with Crippen molar-refractivity contribution in [3.05, 3.63) is 42.6 Å². The highest BCUT2D eigenvalue weighted by Crippen LogP contribution is 2.05. The van der Waals surface area contributed by atoms with Gasteiger partial charge < -0.3 is 4.90 Å². The Hall–Kier alpha value is -1.53. The molecule has 0 amide bonds. The van der Waals surface area contributed by atoms with E-state index in [0.29, 0.717) is 0 Å². The van der Waals surface area contributed by atoms with E-state index in [0.717, 1.165) is 5.84 Å². The molecular formula is C8H6N2. The van der Waals surface area contributed by atoms with E-state index >= 15 is 0 Å². The molecule has 2 heterocycles. The Bertz CT molecular complexity index is 288. The van der Waals surface area contributed by atoms with E-state index in [1.807, 2.05) is 35.5 Å². The van der Waals surface area contributed by atoms with Crippen molar-refractivity contribution in [2.45, 2.75) is 0 Å². The number of amidine groups is 1. The number of hydrogen-bond acceptors (Lipinski definition) is 2. The predicted octanol–water partition coefficient (Wildman–Crippen LogP) is 1.41. The number of aliphatic imine (C=N–C) groups is 1. The first-order valence-corrected chi connectivity index (χ1v) is 3.09. The van der Waals surface area contributed by atoms with Crippen LogP contribution >= 0.6 is 0 Å². The van der Waals surface area contributed by atoms with Gasteiger partial charge in [0.2, 0.25) is 0 Å². The minimum atomic E-state index is 0.946. The van der Waals surface area contributed by atoms with E-state index < -0.39 is 0 Å². The van der Waals surface area contributed by atoms with E-state index in [1.165, 1.54) is 0 Å². The van der Waals surface area contributed by atoms with Crippen LogP contribution in [-0.4, -0.2) is 10.7 Å². The highest BCUT2D eigenvalue weighted by Gasteiger charge is 2.04. The lowest BCUT2D eigenvalue weighted by Gasteiger charge is -2.17. The molecule has 0 aromatic rings. The zero-order valence-corrected chi connectivity index (χ0v) is 5.36. The van der Waals surface area contributed by atoms with Gasteiger partial charge in [-0.05, 0) is 12.2 Å². The number of rotatable bonds is 0. The summed E-state index contributed by atoms with van der Waals surface area (Å²) < 4.78 is 0. The van der Waals surface area contributed by atoms with Crippen LogP contribution in [0.15, 0.2) is 47.6 Å². The van der Waals surface area contributed by atoms with E-state index in [-0.39, 0.29) is 0 Å². The Morgan fingerprint density at radius 1 is 1.40 bits per heavy atom. The van der Waals surface area contributed by atoms with Crippen molar-refractivity contribution in [1.82, 2.24) is 4.90 Å². The summed E-state index contributed by atoms with van der Waals surface area (Å²) in [5.74, 6) is 0.946. The molecule has 2 rings (SSSR count). The lowest BCUT2D eigenvalue weighted by Crippen LogP contribution is -2.19. The standard InChI is InChI=1S/C8H6N2/c1-2-6-10-7-3-5-9-8(10)4-1/h1-2,4-7H. The first kappa shape index (κ1) is 5.27. The Morgan fingerprint density at radius 3 is 3.30 bits per heavy atom. The topological polar surface area (TPSA) is 15.6 Å². The van der Waals surface area contributed by atoms with E-state index in [1.54, 1.807) is 6.20 Å². The van der Waals surface area contributed by atoms with Crippen LogP contribution in [0.2, 0.25) is 0 Å². The summed E-state index contributed by atoms with van der Waals surface area (Å²) in [5, 5.41) is 0. The van der Waals surface area contributed by atoms with Crippen LogP contribution in [0.3, 0.4) is 0 Å². The van der Waals surface area contributed by atoms with E-state index in [4.69, 9.17) is 0 Å². The Morgan fingerprint density at radius 2 is 2.40 bits per heavy atom. The molecule has 0 aromatic heterocycles. The third-order valence-corrected chi connectivity index (χ3v) is 1.35. The minimum absolute atomic E-state index is 0.946. The quantitative estimate of drug-likeness (QED) is 0.453. The van der Waals surface area contributed by atoms with Gasteiger partial charge in [-0.2, -0.15) is 0 Å². The fourth-order valence-electron chi connectivity index (χ4n) is 0.882. The van der Waals surface area contributed by atoms with Crippen LogP contribution < -0.4 is 0 Å². The monoisotopic (exact) mass is 130 g/mol. The van der Waals surface area contributed by atoms with Gasteiger partial charge in [0.15, 0.2) is 0 Å². The summed E-state index contributed by atoms with van der Waals surface area (Å²) >= 11 is 0. The molecule has 2 aliphatic heterocycles. The first-order chi connectivity index (χ1) is 4.97. The van der Waals surface area contributed by atoms with Gasteiger partial charge in [-0.3, -0.25) is 0 Å². The SMILES string of the molecule is C1=CN=C2C=CC=CN2C=1. The molecular weight excluding hydrogens is 124 g/mol. The van der Waals surface area contributed by atoms with Gasteiger partial charge in [-0.1, -0.05) is 11.8 Å². The maximum absolute atomic E-state index is 4.09. The second-order valence-electron chi connectivity index (χ2n) is 2.02. The van der Waals surface area contributed by atoms with Crippen molar-refractivity contribution in [2.24, 2.45) is 4.99 Å². The summed E-state index contributed by atoms with van der Waals surface area (Å²) in [7, 11) is 0. The van der Waals surface area contributed by atoms with Crippen molar-refractivity contribution in [3.8, 4) is 0 Å². The summed E-state index contributed by atoms with van der Waals surface area (Å²) in [6.07, 6.45) is 11.3. The highest BCUT2D eigenvalue weighted by molar-refractivity contribution is 5.96. The maximum Gasteiger partial charge on any atom is 0.137 e. The zero-order valence-electron chi connectivity index (χ0n) is 5.36. The summed E-state index contributed by atoms with van der Waals surface area (Å²) in [6.45, 7) is 0. The third kappa shape index (κ3) is 0.714. The van der Waals surface area contributed by atoms with Crippen LogP contribution in [0, 0.1) is 0 Å². The molecule has 0 spiro atoms. The maximum atomic E-state index is 4.09. The van der Waals surface area contributed by atoms with Crippen LogP contribution in [0.1, 0.15) is 0 Å². The molecule has 0 radical (unpaired) electrons. The lowest BCUT2D eigenvalue weighted by atomic mass is 10.3. The van der Waals surface area contributed by atoms with Crippen molar-refractivity contribution in [2.75, 3.05) is 0 Å². The molecule has 2 nitrogen and oxygen atoms in total. The Kier molecular flexibility index (Phi) is 1.06. The zero-order chi connectivity index (χ0) is 6.81. The molecule has 0 bridgehead atoms. The predicted molar refractivity (Wildman–Crippen MR) is 40.2 cm³/mol. The molecule has 0 aliphatic carbocycles.